The summed E-state index contributed by atoms with van der Waals surface area (Å²) in [6.07, 6.45) is 51.2. The van der Waals surface area contributed by atoms with E-state index >= 15 is 0 Å². The summed E-state index contributed by atoms with van der Waals surface area (Å²) in [7, 11) is -4.94. The number of ketones is 1. The molecule has 3 radical (unpaired) electrons. The molecule has 81 heavy (non-hydrogen) atoms. The van der Waals surface area contributed by atoms with Gasteiger partial charge in [0.2, 0.25) is 0 Å². The van der Waals surface area contributed by atoms with E-state index in [0.29, 0.717) is 17.8 Å². The van der Waals surface area contributed by atoms with E-state index in [-0.39, 0.29) is 64.4 Å². The van der Waals surface area contributed by atoms with Crippen molar-refractivity contribution in [1.29, 1.82) is 0 Å². The van der Waals surface area contributed by atoms with Gasteiger partial charge >= 0.3 is 96.0 Å². The molecule has 0 fully saturated rings. The molecular weight excluding hydrogens is 1260 g/mol. The molecule has 434 valence electrons. The van der Waals surface area contributed by atoms with Crippen LogP contribution in [0.3, 0.4) is 0 Å². The van der Waals surface area contributed by atoms with E-state index in [1.165, 1.54) is 208 Å². The number of Topliss-reactive ketones (excluding diaryl/α,β-unsaturated/α-hetero) is 1. The summed E-state index contributed by atoms with van der Waals surface area (Å²) in [6.45, 7) is 3.59. The van der Waals surface area contributed by atoms with Crippen molar-refractivity contribution in [3.8, 4) is 0 Å². The van der Waals surface area contributed by atoms with Crippen LogP contribution in [-0.4, -0.2) is 52.8 Å². The third-order valence-corrected chi connectivity index (χ3v) is 18.6. The molecule has 1 aromatic rings. The summed E-state index contributed by atoms with van der Waals surface area (Å²) in [5, 5.41) is 12.5. The summed E-state index contributed by atoms with van der Waals surface area (Å²) < 4.78 is 39.4. The molecule has 3 N–H and O–H groups in total. The molecule has 2 heterocycles. The number of allylic oxidation sites excluding steroid dienone is 10. The number of aliphatic hydroxyl groups excluding tert-OH is 1. The molecule has 1 aromatic heterocycles. The Bertz CT molecular complexity index is 2450. The minimum atomic E-state index is -4.94. The molecular formula is C61H84BCeCl4LiN3NaO8S. The van der Waals surface area contributed by atoms with Crippen LogP contribution in [0.5, 0.6) is 0 Å². The van der Waals surface area contributed by atoms with Crippen LogP contribution < -0.4 is 72.4 Å². The summed E-state index contributed by atoms with van der Waals surface area (Å²) >= 11 is 2.91. The zero-order valence-corrected chi connectivity index (χ0v) is 57.3. The minimum Gasteiger partial charge on any atom is -1.00 e. The summed E-state index contributed by atoms with van der Waals surface area (Å²) in [4.78, 5) is 29.6. The fraction of sp³-hybridized carbons (Fsp3) is 0.639. The van der Waals surface area contributed by atoms with Crippen molar-refractivity contribution in [1.82, 2.24) is 15.3 Å². The van der Waals surface area contributed by atoms with Crippen LogP contribution in [-0.2, 0) is 20.7 Å². The van der Waals surface area contributed by atoms with Gasteiger partial charge in [-0.1, -0.05) is 69.0 Å². The van der Waals surface area contributed by atoms with Crippen molar-refractivity contribution in [3.05, 3.63) is 110 Å². The number of aromatic amines is 1. The molecule has 0 amide bonds. The largest absolute Gasteiger partial charge is 1.00 e. The zero-order valence-electron chi connectivity index (χ0n) is 49.3. The van der Waals surface area contributed by atoms with Gasteiger partial charge < -0.3 is 26.4 Å². The average molecular weight is 1340 g/mol. The van der Waals surface area contributed by atoms with E-state index in [9.17, 15) is 14.7 Å². The second-order valence-electron chi connectivity index (χ2n) is 22.9. The van der Waals surface area contributed by atoms with Crippen molar-refractivity contribution in [2.75, 3.05) is 0 Å². The Labute approximate surface area is 550 Å². The first-order chi connectivity index (χ1) is 37.6. The van der Waals surface area contributed by atoms with Crippen LogP contribution in [0.15, 0.2) is 104 Å². The fourth-order valence-corrected chi connectivity index (χ4v) is 15.1. The standard InChI is InChI=1S/C13H17NS.C12H16N2.2C10H14O.C8H12O.C8H10O.B.Ce.ClHO4.3ClH.Li.Na.H/c15-13-7-9(8-14-13)6-11-5-4-10-2-1-3-12(10)11;1-2-9-4-5-10(12(9)3-1)6-11-7-13-8-14-11;1-2-11-10-7-6-8-4-3-5-9(8)10;11-7-6-9-5-4-8-2-1-3-10(8)9;2*9-8-5-4-6-2-1-3-7(6)8;;;2-1(3,4)5;;;;;;/h8,11H,1-7H2,(H,14,15);7-8,10H,1-6H2,(H,13,14);2,10H,1,3-7H2;7,9H,1-6H2;8-9H,1-5H2;1-5H2;;;(H,2,3,4,5);3*1H;;;/q;;;;;;;+3;;;;;2*+1;-1/p-4. The Morgan fingerprint density at radius 2 is 1.14 bits per heavy atom. The number of halogens is 4. The quantitative estimate of drug-likeness (QED) is 0.0899. The maximum Gasteiger partial charge on any atom is 1.00 e. The summed E-state index contributed by atoms with van der Waals surface area (Å²) in [5.41, 5.74) is 37.3. The average Bonchev–Trinajstić information content (AvgIpc) is 4.33. The maximum atomic E-state index is 11.0. The van der Waals surface area contributed by atoms with E-state index < -0.39 is 40.9 Å². The normalized spacial score (nSPS) is 25.5. The number of nitrogens with one attached hydrogen (secondary N) is 2. The number of aldehydes is 1. The Hall–Kier alpha value is 0.159. The van der Waals surface area contributed by atoms with E-state index in [1.54, 1.807) is 57.2 Å². The molecule has 5 unspecified atom stereocenters. The van der Waals surface area contributed by atoms with Crippen LogP contribution in [0.2, 0.25) is 0 Å². The molecule has 14 rings (SSSR count). The van der Waals surface area contributed by atoms with E-state index in [4.69, 9.17) is 52.5 Å². The number of hydrogen-bond acceptors (Lipinski definition) is 10. The Kier molecular flexibility index (Phi) is 34.4. The van der Waals surface area contributed by atoms with Crippen molar-refractivity contribution < 1.29 is 129 Å². The van der Waals surface area contributed by atoms with Gasteiger partial charge in [0.25, 0.3) is 0 Å². The Morgan fingerprint density at radius 1 is 0.679 bits per heavy atom. The molecule has 5 atom stereocenters. The monoisotopic (exact) mass is 1340 g/mol. The number of rotatable bonds is 8. The van der Waals surface area contributed by atoms with Crippen molar-refractivity contribution in [2.45, 2.75) is 231 Å². The topological polar surface area (TPSA) is 197 Å². The molecule has 0 spiro atoms. The molecule has 0 saturated heterocycles. The first-order valence-corrected chi connectivity index (χ1v) is 42.6. The summed E-state index contributed by atoms with van der Waals surface area (Å²) in [6, 6.07) is 0. The molecule has 0 saturated carbocycles. The zero-order chi connectivity index (χ0) is 55.6. The molecule has 1 aliphatic heterocycles. The number of nitrogens with zero attached hydrogens (tertiary/aromatic N) is 1. The van der Waals surface area contributed by atoms with Gasteiger partial charge in [0.1, 0.15) is 12.4 Å². The molecule has 20 heteroatoms. The first kappa shape index (κ1) is 73.6. The summed E-state index contributed by atoms with van der Waals surface area (Å²) in [5.74, 6) is 2.76. The second kappa shape index (κ2) is 37.9. The van der Waals surface area contributed by atoms with Crippen LogP contribution >= 0.6 is 29.1 Å². The van der Waals surface area contributed by atoms with Gasteiger partial charge in [-0.2, -0.15) is 0 Å². The van der Waals surface area contributed by atoms with Gasteiger partial charge in [-0.25, -0.2) is 23.6 Å². The predicted molar refractivity (Wildman–Crippen MR) is 308 cm³/mol. The van der Waals surface area contributed by atoms with Crippen molar-refractivity contribution >= 4 is 54.6 Å². The van der Waals surface area contributed by atoms with Gasteiger partial charge in [-0.05, 0) is 239 Å². The third-order valence-electron chi connectivity index (χ3n) is 18.3. The number of carbonyl (C=O) groups is 2. The fourth-order valence-electron chi connectivity index (χ4n) is 14.9. The van der Waals surface area contributed by atoms with Crippen LogP contribution in [0.1, 0.15) is 219 Å². The smallest absolute Gasteiger partial charge is 1.00 e. The van der Waals surface area contributed by atoms with Crippen LogP contribution in [0.25, 0.3) is 0 Å². The number of ether oxygens (including phenoxy) is 1. The van der Waals surface area contributed by atoms with Gasteiger partial charge in [-0.15, -0.1) is 10.2 Å². The molecule has 0 aromatic carbocycles. The van der Waals surface area contributed by atoms with Crippen LogP contribution in [0.4, 0.5) is 0 Å². The predicted octanol–water partition coefficient (Wildman–Crippen LogP) is 6.07. The molecule has 13 aliphatic rings. The minimum absolute atomic E-state index is 0. The third kappa shape index (κ3) is 23.6. The number of aromatic nitrogens is 2. The van der Waals surface area contributed by atoms with Gasteiger partial charge in [0.15, 0.2) is 5.78 Å². The SMILES string of the molecule is C=COC1CCC2=C1CCC2.O=C1CCC2=C1CCC2.O=CCC1CCC2=C1CCC2.OC1CCC2=C1CCC2.S=C1CC(CC2CCC3=C2CCC3)=CN1.[B].[Cl][Ce]([Cl])[Cl].[H-].[Li+].[Na+].[O-][Cl+3]([O-])([O-])[O-].c1ncc(CC2CCC3=C2CCC3)[nH]1. The molecule has 12 aliphatic carbocycles. The van der Waals surface area contributed by atoms with Gasteiger partial charge in [-0.3, -0.25) is 4.79 Å². The second-order valence-corrected chi connectivity index (χ2v) is 38.0. The number of carbonyl (C=O) groups excluding carboxylic acids is 2. The number of imidazole rings is 1. The Balaban J connectivity index is 0.000000250. The Morgan fingerprint density at radius 3 is 1.63 bits per heavy atom. The maximum absolute atomic E-state index is 11.0. The molecule has 11 nitrogen and oxygen atoms in total. The van der Waals surface area contributed by atoms with Crippen molar-refractivity contribution in [3.63, 3.8) is 0 Å². The number of H-pyrrole nitrogens is 1. The first-order valence-electron chi connectivity index (χ1n) is 29.1. The van der Waals surface area contributed by atoms with E-state index in [0.717, 1.165) is 61.6 Å². The van der Waals surface area contributed by atoms with Crippen LogP contribution in [0, 0.1) is 58.7 Å². The number of hydrogen-bond donors (Lipinski definition) is 3. The van der Waals surface area contributed by atoms with Gasteiger partial charge in [0.05, 0.1) is 23.7 Å². The molecule has 0 bridgehead atoms. The van der Waals surface area contributed by atoms with Crippen molar-refractivity contribution in [2.24, 2.45) is 17.8 Å². The number of thiocarbonyl (C=S) groups is 1. The van der Waals surface area contributed by atoms with E-state index in [2.05, 4.69) is 28.1 Å². The number of aliphatic hydroxyl groups is 1. The van der Waals surface area contributed by atoms with Gasteiger partial charge in [0, 0.05) is 45.8 Å². The van der Waals surface area contributed by atoms with E-state index in [1.807, 2.05) is 11.8 Å².